The van der Waals surface area contributed by atoms with E-state index in [2.05, 4.69) is 0 Å². The molecule has 1 spiro atoms. The number of methoxy groups -OCH3 is 1. The summed E-state index contributed by atoms with van der Waals surface area (Å²) < 4.78 is 10.7. The van der Waals surface area contributed by atoms with Gasteiger partial charge in [-0.2, -0.15) is 0 Å². The molecule has 5 nitrogen and oxygen atoms in total. The van der Waals surface area contributed by atoms with E-state index in [0.29, 0.717) is 12.8 Å². The van der Waals surface area contributed by atoms with Gasteiger partial charge in [0.2, 0.25) is 0 Å². The predicted octanol–water partition coefficient (Wildman–Crippen LogP) is 1.88. The largest absolute Gasteiger partial charge is 0.469 e. The first kappa shape index (κ1) is 14.2. The van der Waals surface area contributed by atoms with Crippen LogP contribution in [0.4, 0.5) is 0 Å². The maximum absolute atomic E-state index is 13.2. The van der Waals surface area contributed by atoms with Crippen molar-refractivity contribution in [2.75, 3.05) is 7.11 Å². The molecule has 1 saturated heterocycles. The fourth-order valence-electron chi connectivity index (χ4n) is 6.41. The Kier molecular flexibility index (Phi) is 2.54. The summed E-state index contributed by atoms with van der Waals surface area (Å²) in [4.78, 5) is 37.5. The van der Waals surface area contributed by atoms with Gasteiger partial charge in [-0.15, -0.1) is 0 Å². The molecule has 0 aromatic heterocycles. The van der Waals surface area contributed by atoms with Crippen molar-refractivity contribution >= 4 is 17.7 Å². The third kappa shape index (κ3) is 1.30. The maximum Gasteiger partial charge on any atom is 0.309 e. The minimum atomic E-state index is -1.09. The lowest BCUT2D eigenvalue weighted by Gasteiger charge is -2.46. The number of hydrogen-bond acceptors (Lipinski definition) is 5. The number of carbonyl (C=O) groups excluding carboxylic acids is 3. The molecule has 0 aromatic carbocycles. The lowest BCUT2D eigenvalue weighted by Crippen LogP contribution is -2.56. The third-order valence-electron chi connectivity index (χ3n) is 6.88. The molecular weight excluding hydrogens is 284 g/mol. The second kappa shape index (κ2) is 3.92. The van der Waals surface area contributed by atoms with Crippen LogP contribution in [0.2, 0.25) is 0 Å². The van der Waals surface area contributed by atoms with Crippen LogP contribution in [0.25, 0.3) is 0 Å². The van der Waals surface area contributed by atoms with E-state index in [1.54, 1.807) is 0 Å². The number of hydrogen-bond donors (Lipinski definition) is 0. The van der Waals surface area contributed by atoms with E-state index in [-0.39, 0.29) is 40.9 Å². The molecule has 120 valence electrons. The van der Waals surface area contributed by atoms with Crippen molar-refractivity contribution < 1.29 is 23.9 Å². The van der Waals surface area contributed by atoms with Gasteiger partial charge in [-0.1, -0.05) is 13.8 Å². The maximum atomic E-state index is 13.2. The van der Waals surface area contributed by atoms with E-state index in [9.17, 15) is 14.4 Å². The standard InChI is InChI=1S/C17H22O5/c1-15(2)8-16-9-4-5-11(16)10(13(19)21-3)7-17(16,14(15)20)22-12(18)6-9/h9-11H,4-8H2,1-3H3/t9-,10+,11+,16+,17+/m1/s1. The monoisotopic (exact) mass is 306 g/mol. The van der Waals surface area contributed by atoms with Gasteiger partial charge >= 0.3 is 11.9 Å². The van der Waals surface area contributed by atoms with E-state index in [4.69, 9.17) is 9.47 Å². The molecule has 0 unspecified atom stereocenters. The van der Waals surface area contributed by atoms with Crippen LogP contribution in [0.3, 0.4) is 0 Å². The number of esters is 2. The highest BCUT2D eigenvalue weighted by Crippen LogP contribution is 2.75. The first-order valence-electron chi connectivity index (χ1n) is 8.13. The Labute approximate surface area is 129 Å². The van der Waals surface area contributed by atoms with E-state index < -0.39 is 11.0 Å². The van der Waals surface area contributed by atoms with E-state index in [1.807, 2.05) is 13.8 Å². The minimum Gasteiger partial charge on any atom is -0.469 e. The van der Waals surface area contributed by atoms with Gasteiger partial charge in [-0.05, 0) is 31.1 Å². The van der Waals surface area contributed by atoms with Crippen LogP contribution >= 0.6 is 0 Å². The van der Waals surface area contributed by atoms with Crippen LogP contribution in [-0.4, -0.2) is 30.4 Å². The minimum absolute atomic E-state index is 0.0105. The Hall–Kier alpha value is -1.39. The number of ketones is 1. The van der Waals surface area contributed by atoms with E-state index >= 15 is 0 Å². The lowest BCUT2D eigenvalue weighted by atomic mass is 9.63. The highest BCUT2D eigenvalue weighted by molar-refractivity contribution is 6.00. The normalized spacial score (nSPS) is 47.9. The lowest BCUT2D eigenvalue weighted by molar-refractivity contribution is -0.193. The SMILES string of the molecule is COC(=O)[C@H]1C[C@@]23OC(=O)C[C@H]4CC[C@@H]1[C@]42CC(C)(C)C3=O. The highest BCUT2D eigenvalue weighted by Gasteiger charge is 2.82. The fraction of sp³-hybridized carbons (Fsp3) is 0.824. The zero-order chi connectivity index (χ0) is 15.9. The van der Waals surface area contributed by atoms with Crippen molar-refractivity contribution in [1.29, 1.82) is 0 Å². The molecule has 4 aliphatic rings. The summed E-state index contributed by atoms with van der Waals surface area (Å²) in [5, 5.41) is 0. The molecule has 0 aromatic rings. The molecule has 3 saturated carbocycles. The molecule has 3 aliphatic carbocycles. The average molecular weight is 306 g/mol. The van der Waals surface area contributed by atoms with Crippen molar-refractivity contribution in [3.63, 3.8) is 0 Å². The number of carbonyl (C=O) groups is 3. The predicted molar refractivity (Wildman–Crippen MR) is 75.6 cm³/mol. The first-order chi connectivity index (χ1) is 10.3. The van der Waals surface area contributed by atoms with E-state index in [0.717, 1.165) is 19.3 Å². The van der Waals surface area contributed by atoms with Gasteiger partial charge in [0, 0.05) is 23.7 Å². The van der Waals surface area contributed by atoms with Crippen LogP contribution in [0.5, 0.6) is 0 Å². The van der Waals surface area contributed by atoms with Crippen molar-refractivity contribution in [2.24, 2.45) is 28.6 Å². The number of Topliss-reactive ketones (excluding diaryl/α,β-unsaturated/α-hetero) is 1. The summed E-state index contributed by atoms with van der Waals surface area (Å²) in [5.74, 6) is -0.583. The summed E-state index contributed by atoms with van der Waals surface area (Å²) in [6, 6.07) is 0. The summed E-state index contributed by atoms with van der Waals surface area (Å²) in [7, 11) is 1.39. The van der Waals surface area contributed by atoms with E-state index in [1.165, 1.54) is 7.11 Å². The van der Waals surface area contributed by atoms with Crippen molar-refractivity contribution in [2.45, 2.75) is 51.6 Å². The molecule has 0 N–H and O–H groups in total. The van der Waals surface area contributed by atoms with Gasteiger partial charge < -0.3 is 9.47 Å². The second-order valence-electron chi connectivity index (χ2n) is 8.15. The summed E-state index contributed by atoms with van der Waals surface area (Å²) in [6.07, 6.45) is 3.20. The molecule has 0 radical (unpaired) electrons. The molecule has 1 heterocycles. The topological polar surface area (TPSA) is 69.7 Å². The quantitative estimate of drug-likeness (QED) is 0.692. The molecule has 0 bridgehead atoms. The van der Waals surface area contributed by atoms with Gasteiger partial charge in [0.15, 0.2) is 11.4 Å². The van der Waals surface area contributed by atoms with Crippen LogP contribution < -0.4 is 0 Å². The van der Waals surface area contributed by atoms with Crippen LogP contribution in [0.15, 0.2) is 0 Å². The zero-order valence-corrected chi connectivity index (χ0v) is 13.3. The molecular formula is C17H22O5. The highest BCUT2D eigenvalue weighted by atomic mass is 16.6. The molecule has 1 aliphatic heterocycles. The first-order valence-corrected chi connectivity index (χ1v) is 8.13. The molecule has 5 atom stereocenters. The second-order valence-corrected chi connectivity index (χ2v) is 8.15. The van der Waals surface area contributed by atoms with Gasteiger partial charge in [0.05, 0.1) is 13.0 Å². The van der Waals surface area contributed by atoms with Gasteiger partial charge in [0.1, 0.15) is 0 Å². The summed E-state index contributed by atoms with van der Waals surface area (Å²) >= 11 is 0. The molecule has 4 fully saturated rings. The van der Waals surface area contributed by atoms with Gasteiger partial charge in [-0.3, -0.25) is 14.4 Å². The van der Waals surface area contributed by atoms with Crippen LogP contribution in [0, 0.1) is 28.6 Å². The zero-order valence-electron chi connectivity index (χ0n) is 13.3. The Morgan fingerprint density at radius 3 is 2.68 bits per heavy atom. The average Bonchev–Trinajstić information content (AvgIpc) is 2.99. The Bertz CT molecular complexity index is 594. The Morgan fingerprint density at radius 2 is 2.00 bits per heavy atom. The van der Waals surface area contributed by atoms with Gasteiger partial charge in [0.25, 0.3) is 0 Å². The number of rotatable bonds is 1. The van der Waals surface area contributed by atoms with Crippen molar-refractivity contribution in [3.05, 3.63) is 0 Å². The molecule has 5 heteroatoms. The molecule has 4 rings (SSSR count). The number of ether oxygens (including phenoxy) is 2. The fourth-order valence-corrected chi connectivity index (χ4v) is 6.41. The van der Waals surface area contributed by atoms with Crippen molar-refractivity contribution in [1.82, 2.24) is 0 Å². The summed E-state index contributed by atoms with van der Waals surface area (Å²) in [6.45, 7) is 3.89. The molecule has 0 amide bonds. The third-order valence-corrected chi connectivity index (χ3v) is 6.88. The smallest absolute Gasteiger partial charge is 0.309 e. The Balaban J connectivity index is 1.91. The Morgan fingerprint density at radius 1 is 1.27 bits per heavy atom. The molecule has 22 heavy (non-hydrogen) atoms. The van der Waals surface area contributed by atoms with Crippen molar-refractivity contribution in [3.8, 4) is 0 Å². The van der Waals surface area contributed by atoms with Gasteiger partial charge in [-0.25, -0.2) is 0 Å². The van der Waals surface area contributed by atoms with Crippen LogP contribution in [0.1, 0.15) is 46.0 Å². The van der Waals surface area contributed by atoms with Crippen LogP contribution in [-0.2, 0) is 23.9 Å². The summed E-state index contributed by atoms with van der Waals surface area (Å²) in [5.41, 5.74) is -1.93.